The van der Waals surface area contributed by atoms with Crippen LogP contribution in [-0.2, 0) is 6.54 Å². The first-order valence-corrected chi connectivity index (χ1v) is 11.6. The summed E-state index contributed by atoms with van der Waals surface area (Å²) in [5.74, 6) is 0.951. The number of hydrogen-bond donors (Lipinski definition) is 1. The van der Waals surface area contributed by atoms with E-state index in [1.54, 1.807) is 19.1 Å². The minimum atomic E-state index is -0.193. The molecule has 1 N–H and O–H groups in total. The van der Waals surface area contributed by atoms with Gasteiger partial charge in [0, 0.05) is 21.5 Å². The van der Waals surface area contributed by atoms with Crippen molar-refractivity contribution in [3.8, 4) is 11.5 Å². The first-order valence-electron chi connectivity index (χ1n) is 10.8. The van der Waals surface area contributed by atoms with E-state index in [-0.39, 0.29) is 17.3 Å². The van der Waals surface area contributed by atoms with E-state index in [9.17, 15) is 9.90 Å². The molecular formula is C25H24BrNO4. The highest BCUT2D eigenvalue weighted by molar-refractivity contribution is 9.10. The maximum Gasteiger partial charge on any atom is 0.232 e. The average Bonchev–Trinajstić information content (AvgIpc) is 3.15. The van der Waals surface area contributed by atoms with Gasteiger partial charge < -0.3 is 19.2 Å². The molecule has 0 amide bonds. The molecule has 2 aliphatic rings. The number of allylic oxidation sites excluding steroid dienone is 1. The molecule has 2 aliphatic heterocycles. The Hall–Kier alpha value is -2.57. The summed E-state index contributed by atoms with van der Waals surface area (Å²) in [5, 5.41) is 13.8. The molecule has 0 saturated carbocycles. The highest BCUT2D eigenvalue weighted by Crippen LogP contribution is 2.41. The lowest BCUT2D eigenvalue weighted by atomic mass is 9.99. The average molecular weight is 482 g/mol. The van der Waals surface area contributed by atoms with Crippen molar-refractivity contribution in [3.05, 3.63) is 63.0 Å². The minimum Gasteiger partial charge on any atom is -0.872 e. The van der Waals surface area contributed by atoms with Crippen LogP contribution < -0.4 is 14.7 Å². The molecule has 1 aromatic heterocycles. The van der Waals surface area contributed by atoms with Crippen LogP contribution in [0.5, 0.6) is 11.5 Å². The van der Waals surface area contributed by atoms with Gasteiger partial charge in [-0.25, -0.2) is 0 Å². The third-order valence-corrected chi connectivity index (χ3v) is 6.70. The molecule has 6 heteroatoms. The van der Waals surface area contributed by atoms with Crippen molar-refractivity contribution in [1.82, 2.24) is 0 Å². The lowest BCUT2D eigenvalue weighted by molar-refractivity contribution is -0.913. The number of rotatable bonds is 3. The third-order valence-electron chi connectivity index (χ3n) is 6.21. The van der Waals surface area contributed by atoms with Crippen LogP contribution in [0.25, 0.3) is 17.0 Å². The van der Waals surface area contributed by atoms with Crippen molar-refractivity contribution < 1.29 is 24.0 Å². The van der Waals surface area contributed by atoms with Crippen molar-refractivity contribution in [2.75, 3.05) is 13.1 Å². The summed E-state index contributed by atoms with van der Waals surface area (Å²) >= 11 is 3.46. The maximum atomic E-state index is 13.2. The second kappa shape index (κ2) is 8.17. The van der Waals surface area contributed by atoms with E-state index in [0.717, 1.165) is 28.5 Å². The number of halogens is 1. The largest absolute Gasteiger partial charge is 0.872 e. The molecule has 0 bridgehead atoms. The molecule has 0 unspecified atom stereocenters. The second-order valence-corrected chi connectivity index (χ2v) is 9.40. The molecule has 2 aromatic carbocycles. The summed E-state index contributed by atoms with van der Waals surface area (Å²) < 4.78 is 12.9. The Kier molecular flexibility index (Phi) is 5.36. The standard InChI is InChI=1S/C25H24BrNO4/c1-15-10-20(28)19(14-27-8-4-2-3-5-9-27)25-23(15)24(29)22(31-25)13-18-12-16-11-17(26)6-7-21(16)30-18/h6-7,10-13,28H,2-5,8-9,14H2,1H3/b22-13-. The van der Waals surface area contributed by atoms with E-state index in [1.165, 1.54) is 30.6 Å². The molecule has 1 saturated heterocycles. The molecule has 0 spiro atoms. The fourth-order valence-corrected chi connectivity index (χ4v) is 5.00. The number of aryl methyl sites for hydroxylation is 1. The van der Waals surface area contributed by atoms with Crippen LogP contribution in [0.1, 0.15) is 52.9 Å². The van der Waals surface area contributed by atoms with Crippen LogP contribution in [0.2, 0.25) is 0 Å². The molecule has 0 atom stereocenters. The molecule has 160 valence electrons. The Labute approximate surface area is 189 Å². The third kappa shape index (κ3) is 3.90. The zero-order chi connectivity index (χ0) is 21.5. The van der Waals surface area contributed by atoms with Gasteiger partial charge >= 0.3 is 0 Å². The van der Waals surface area contributed by atoms with Crippen molar-refractivity contribution in [2.45, 2.75) is 39.2 Å². The number of carbonyl (C=O) groups is 1. The van der Waals surface area contributed by atoms with Gasteiger partial charge in [-0.05, 0) is 62.4 Å². The predicted octanol–water partition coefficient (Wildman–Crippen LogP) is 4.15. The number of benzene rings is 2. The molecule has 0 radical (unpaired) electrons. The molecular weight excluding hydrogens is 458 g/mol. The summed E-state index contributed by atoms with van der Waals surface area (Å²) in [6.07, 6.45) is 6.46. The Morgan fingerprint density at radius 3 is 2.68 bits per heavy atom. The maximum absolute atomic E-state index is 13.2. The number of furan rings is 1. The number of quaternary nitrogens is 1. The quantitative estimate of drug-likeness (QED) is 0.570. The highest BCUT2D eigenvalue weighted by Gasteiger charge is 2.33. The van der Waals surface area contributed by atoms with Gasteiger partial charge in [-0.15, -0.1) is 0 Å². The number of hydrogen-bond acceptors (Lipinski definition) is 4. The van der Waals surface area contributed by atoms with E-state index in [2.05, 4.69) is 15.9 Å². The van der Waals surface area contributed by atoms with E-state index in [1.807, 2.05) is 24.3 Å². The van der Waals surface area contributed by atoms with Gasteiger partial charge in [0.1, 0.15) is 23.6 Å². The zero-order valence-corrected chi connectivity index (χ0v) is 19.0. The Bertz CT molecular complexity index is 1200. The van der Waals surface area contributed by atoms with Crippen molar-refractivity contribution >= 4 is 38.8 Å². The number of Topliss-reactive ketones (excluding diaryl/α,β-unsaturated/α-hetero) is 1. The lowest BCUT2D eigenvalue weighted by Crippen LogP contribution is -3.10. The summed E-state index contributed by atoms with van der Waals surface area (Å²) in [6.45, 7) is 4.49. The van der Waals surface area contributed by atoms with Crippen molar-refractivity contribution in [2.24, 2.45) is 0 Å². The molecule has 3 aromatic rings. The van der Waals surface area contributed by atoms with Crippen LogP contribution in [0, 0.1) is 6.92 Å². The van der Waals surface area contributed by atoms with Crippen LogP contribution in [0.3, 0.4) is 0 Å². The molecule has 0 aliphatic carbocycles. The smallest absolute Gasteiger partial charge is 0.232 e. The molecule has 3 heterocycles. The van der Waals surface area contributed by atoms with Gasteiger partial charge in [-0.3, -0.25) is 4.79 Å². The van der Waals surface area contributed by atoms with E-state index >= 15 is 0 Å². The van der Waals surface area contributed by atoms with Gasteiger partial charge in [0.2, 0.25) is 5.78 Å². The molecule has 1 fully saturated rings. The number of carbonyl (C=O) groups excluding carboxylic acids is 1. The normalized spacial score (nSPS) is 18.4. The molecule has 31 heavy (non-hydrogen) atoms. The predicted molar refractivity (Wildman–Crippen MR) is 120 cm³/mol. The summed E-state index contributed by atoms with van der Waals surface area (Å²) in [4.78, 5) is 14.5. The number of fused-ring (bicyclic) bond motifs is 2. The van der Waals surface area contributed by atoms with Crippen LogP contribution in [0.15, 0.2) is 45.0 Å². The Morgan fingerprint density at radius 1 is 1.13 bits per heavy atom. The van der Waals surface area contributed by atoms with Crippen LogP contribution in [0.4, 0.5) is 0 Å². The van der Waals surface area contributed by atoms with Crippen LogP contribution >= 0.6 is 15.9 Å². The summed E-state index contributed by atoms with van der Waals surface area (Å²) in [6, 6.07) is 9.20. The van der Waals surface area contributed by atoms with E-state index < -0.39 is 0 Å². The van der Waals surface area contributed by atoms with Crippen molar-refractivity contribution in [1.29, 1.82) is 0 Å². The molecule has 5 rings (SSSR count). The SMILES string of the molecule is Cc1cc([O-])c(C[NH+]2CCCCCC2)c2c1C(=O)/C(=C/c1cc3cc(Br)ccc3o1)O2. The zero-order valence-electron chi connectivity index (χ0n) is 17.4. The number of ketones is 1. The van der Waals surface area contributed by atoms with Gasteiger partial charge in [0.15, 0.2) is 5.76 Å². The monoisotopic (exact) mass is 481 g/mol. The summed E-state index contributed by atoms with van der Waals surface area (Å²) in [7, 11) is 0. The first-order chi connectivity index (χ1) is 15.0. The van der Waals surface area contributed by atoms with Gasteiger partial charge in [-0.1, -0.05) is 27.7 Å². The Balaban J connectivity index is 1.50. The number of likely N-dealkylation sites (tertiary alicyclic amines) is 1. The van der Waals surface area contributed by atoms with E-state index in [0.29, 0.717) is 34.7 Å². The minimum absolute atomic E-state index is 0.0457. The lowest BCUT2D eigenvalue weighted by Gasteiger charge is -2.23. The summed E-state index contributed by atoms with van der Waals surface area (Å²) in [5.41, 5.74) is 2.52. The van der Waals surface area contributed by atoms with E-state index in [4.69, 9.17) is 9.15 Å². The van der Waals surface area contributed by atoms with Gasteiger partial charge in [-0.2, -0.15) is 0 Å². The molecule has 5 nitrogen and oxygen atoms in total. The van der Waals surface area contributed by atoms with Crippen LogP contribution in [-0.4, -0.2) is 18.9 Å². The van der Waals surface area contributed by atoms with Gasteiger partial charge in [0.25, 0.3) is 0 Å². The highest BCUT2D eigenvalue weighted by atomic mass is 79.9. The number of ether oxygens (including phenoxy) is 1. The number of nitrogens with one attached hydrogen (secondary N) is 1. The topological polar surface area (TPSA) is 66.9 Å². The fraction of sp³-hybridized carbons (Fsp3) is 0.320. The Morgan fingerprint density at radius 2 is 1.90 bits per heavy atom. The second-order valence-electron chi connectivity index (χ2n) is 8.49. The van der Waals surface area contributed by atoms with Gasteiger partial charge in [0.05, 0.1) is 18.7 Å². The van der Waals surface area contributed by atoms with Crippen molar-refractivity contribution in [3.63, 3.8) is 0 Å². The first kappa shape index (κ1) is 20.3. The fourth-order valence-electron chi connectivity index (χ4n) is 4.62.